The fourth-order valence-electron chi connectivity index (χ4n) is 2.74. The molecular formula is C15H22N6O. The molecule has 22 heavy (non-hydrogen) atoms. The largest absolute Gasteiger partial charge is 0.349 e. The second kappa shape index (κ2) is 6.74. The molecule has 1 amide bonds. The van der Waals surface area contributed by atoms with Crippen molar-refractivity contribution in [1.29, 1.82) is 0 Å². The summed E-state index contributed by atoms with van der Waals surface area (Å²) in [5.74, 6) is 0.406. The first-order valence-electron chi connectivity index (χ1n) is 7.72. The van der Waals surface area contributed by atoms with Gasteiger partial charge in [0.25, 0.3) is 0 Å². The lowest BCUT2D eigenvalue weighted by Gasteiger charge is -2.20. The number of imidazole rings is 1. The van der Waals surface area contributed by atoms with Crippen LogP contribution in [0.5, 0.6) is 0 Å². The Morgan fingerprint density at radius 1 is 1.55 bits per heavy atom. The van der Waals surface area contributed by atoms with Crippen LogP contribution < -0.4 is 10.6 Å². The highest BCUT2D eigenvalue weighted by molar-refractivity contribution is 5.75. The van der Waals surface area contributed by atoms with Gasteiger partial charge in [0.05, 0.1) is 24.3 Å². The highest BCUT2D eigenvalue weighted by atomic mass is 16.2. The molecule has 3 N–H and O–H groups in total. The maximum atomic E-state index is 12.0. The Bertz CT molecular complexity index is 626. The van der Waals surface area contributed by atoms with Crippen LogP contribution in [0, 0.1) is 6.92 Å². The van der Waals surface area contributed by atoms with Gasteiger partial charge in [-0.2, -0.15) is 5.10 Å². The van der Waals surface area contributed by atoms with Crippen molar-refractivity contribution in [3.05, 3.63) is 35.7 Å². The predicted molar refractivity (Wildman–Crippen MR) is 82.2 cm³/mol. The molecule has 0 bridgehead atoms. The van der Waals surface area contributed by atoms with E-state index in [-0.39, 0.29) is 12.5 Å². The van der Waals surface area contributed by atoms with E-state index < -0.39 is 0 Å². The van der Waals surface area contributed by atoms with E-state index in [4.69, 9.17) is 0 Å². The van der Waals surface area contributed by atoms with E-state index in [2.05, 4.69) is 25.7 Å². The third kappa shape index (κ3) is 3.54. The molecule has 0 aliphatic carbocycles. The molecule has 1 saturated heterocycles. The summed E-state index contributed by atoms with van der Waals surface area (Å²) in [6.45, 7) is 4.68. The SMILES string of the molecule is Cc1[nH]cnc1CNC(=O)Cn1ccc([C@@H]2CCCNC2)n1. The summed E-state index contributed by atoms with van der Waals surface area (Å²) in [5, 5.41) is 10.8. The van der Waals surface area contributed by atoms with Gasteiger partial charge in [0, 0.05) is 24.4 Å². The van der Waals surface area contributed by atoms with Gasteiger partial charge in [-0.25, -0.2) is 4.98 Å². The van der Waals surface area contributed by atoms with Crippen LogP contribution in [0.2, 0.25) is 0 Å². The Kier molecular flexibility index (Phi) is 4.53. The lowest BCUT2D eigenvalue weighted by Crippen LogP contribution is -2.29. The summed E-state index contributed by atoms with van der Waals surface area (Å²) in [5.41, 5.74) is 2.91. The van der Waals surface area contributed by atoms with Gasteiger partial charge >= 0.3 is 0 Å². The molecule has 2 aromatic rings. The Hall–Kier alpha value is -2.15. The van der Waals surface area contributed by atoms with Gasteiger partial charge in [-0.3, -0.25) is 9.48 Å². The third-order valence-electron chi connectivity index (χ3n) is 4.07. The normalized spacial score (nSPS) is 18.3. The number of aromatic nitrogens is 4. The first-order valence-corrected chi connectivity index (χ1v) is 7.72. The fraction of sp³-hybridized carbons (Fsp3) is 0.533. The average molecular weight is 302 g/mol. The molecular weight excluding hydrogens is 280 g/mol. The maximum Gasteiger partial charge on any atom is 0.242 e. The number of aromatic amines is 1. The molecule has 1 aliphatic heterocycles. The molecule has 1 aliphatic rings. The second-order valence-electron chi connectivity index (χ2n) is 5.73. The van der Waals surface area contributed by atoms with Crippen molar-refractivity contribution in [1.82, 2.24) is 30.4 Å². The van der Waals surface area contributed by atoms with E-state index >= 15 is 0 Å². The molecule has 7 heteroatoms. The van der Waals surface area contributed by atoms with Gasteiger partial charge in [-0.05, 0) is 32.4 Å². The number of piperidine rings is 1. The number of hydrogen-bond donors (Lipinski definition) is 3. The van der Waals surface area contributed by atoms with Gasteiger partial charge in [-0.1, -0.05) is 0 Å². The predicted octanol–water partition coefficient (Wildman–Crippen LogP) is 0.698. The third-order valence-corrected chi connectivity index (χ3v) is 4.07. The molecule has 118 valence electrons. The number of nitrogens with zero attached hydrogens (tertiary/aromatic N) is 3. The summed E-state index contributed by atoms with van der Waals surface area (Å²) in [6, 6.07) is 2.02. The number of H-pyrrole nitrogens is 1. The monoisotopic (exact) mass is 302 g/mol. The molecule has 0 radical (unpaired) electrons. The topological polar surface area (TPSA) is 87.6 Å². The summed E-state index contributed by atoms with van der Waals surface area (Å²) < 4.78 is 1.71. The molecule has 1 fully saturated rings. The Morgan fingerprint density at radius 3 is 3.18 bits per heavy atom. The van der Waals surface area contributed by atoms with Gasteiger partial charge in [0.2, 0.25) is 5.91 Å². The van der Waals surface area contributed by atoms with E-state index in [0.29, 0.717) is 12.5 Å². The maximum absolute atomic E-state index is 12.0. The molecule has 3 rings (SSSR count). The number of aryl methyl sites for hydroxylation is 1. The first kappa shape index (κ1) is 14.8. The van der Waals surface area contributed by atoms with Crippen LogP contribution in [-0.4, -0.2) is 38.7 Å². The average Bonchev–Trinajstić information content (AvgIpc) is 3.15. The molecule has 0 unspecified atom stereocenters. The van der Waals surface area contributed by atoms with Gasteiger partial charge in [-0.15, -0.1) is 0 Å². The molecule has 1 atom stereocenters. The van der Waals surface area contributed by atoms with E-state index in [1.807, 2.05) is 19.2 Å². The van der Waals surface area contributed by atoms with Gasteiger partial charge < -0.3 is 15.6 Å². The van der Waals surface area contributed by atoms with Gasteiger partial charge in [0.15, 0.2) is 0 Å². The van der Waals surface area contributed by atoms with Crippen molar-refractivity contribution in [2.24, 2.45) is 0 Å². The summed E-state index contributed by atoms with van der Waals surface area (Å²) >= 11 is 0. The smallest absolute Gasteiger partial charge is 0.242 e. The molecule has 2 aromatic heterocycles. The van der Waals surface area contributed by atoms with E-state index in [1.165, 1.54) is 6.42 Å². The summed E-state index contributed by atoms with van der Waals surface area (Å²) in [7, 11) is 0. The van der Waals surface area contributed by atoms with E-state index in [0.717, 1.165) is 36.6 Å². The number of carbonyl (C=O) groups excluding carboxylic acids is 1. The Labute approximate surface area is 129 Å². The standard InChI is InChI=1S/C15H22N6O/c1-11-14(19-10-18-11)8-17-15(22)9-21-6-4-13(20-21)12-3-2-5-16-7-12/h4,6,10,12,16H,2-3,5,7-9H2,1H3,(H,17,22)(H,18,19)/t12-/m1/s1. The number of rotatable bonds is 5. The zero-order valence-electron chi connectivity index (χ0n) is 12.8. The van der Waals surface area contributed by atoms with E-state index in [1.54, 1.807) is 11.0 Å². The van der Waals surface area contributed by atoms with Crippen molar-refractivity contribution in [3.63, 3.8) is 0 Å². The zero-order valence-corrected chi connectivity index (χ0v) is 12.8. The molecule has 0 aromatic carbocycles. The number of hydrogen-bond acceptors (Lipinski definition) is 4. The lowest BCUT2D eigenvalue weighted by atomic mass is 9.97. The number of amides is 1. The van der Waals surface area contributed by atoms with Crippen molar-refractivity contribution in [3.8, 4) is 0 Å². The van der Waals surface area contributed by atoms with Crippen molar-refractivity contribution >= 4 is 5.91 Å². The number of carbonyl (C=O) groups is 1. The van der Waals surface area contributed by atoms with E-state index in [9.17, 15) is 4.79 Å². The highest BCUT2D eigenvalue weighted by Gasteiger charge is 2.17. The second-order valence-corrected chi connectivity index (χ2v) is 5.73. The minimum Gasteiger partial charge on any atom is -0.349 e. The minimum atomic E-state index is -0.0566. The molecule has 3 heterocycles. The molecule has 7 nitrogen and oxygen atoms in total. The van der Waals surface area contributed by atoms with Crippen molar-refractivity contribution in [2.75, 3.05) is 13.1 Å². The van der Waals surface area contributed by atoms with Crippen LogP contribution in [-0.2, 0) is 17.9 Å². The first-order chi connectivity index (χ1) is 10.7. The van der Waals surface area contributed by atoms with Crippen LogP contribution in [0.15, 0.2) is 18.6 Å². The molecule has 0 saturated carbocycles. The minimum absolute atomic E-state index is 0.0566. The van der Waals surface area contributed by atoms with Crippen LogP contribution in [0.3, 0.4) is 0 Å². The Morgan fingerprint density at radius 2 is 2.45 bits per heavy atom. The highest BCUT2D eigenvalue weighted by Crippen LogP contribution is 2.21. The van der Waals surface area contributed by atoms with Crippen LogP contribution in [0.25, 0.3) is 0 Å². The fourth-order valence-corrected chi connectivity index (χ4v) is 2.74. The van der Waals surface area contributed by atoms with Crippen LogP contribution in [0.1, 0.15) is 35.8 Å². The molecule has 0 spiro atoms. The van der Waals surface area contributed by atoms with Crippen molar-refractivity contribution in [2.45, 2.75) is 38.8 Å². The van der Waals surface area contributed by atoms with Crippen molar-refractivity contribution < 1.29 is 4.79 Å². The Balaban J connectivity index is 1.51. The quantitative estimate of drug-likeness (QED) is 0.758. The van der Waals surface area contributed by atoms with Crippen LogP contribution in [0.4, 0.5) is 0 Å². The van der Waals surface area contributed by atoms with Gasteiger partial charge in [0.1, 0.15) is 6.54 Å². The summed E-state index contributed by atoms with van der Waals surface area (Å²) in [4.78, 5) is 19.1. The lowest BCUT2D eigenvalue weighted by molar-refractivity contribution is -0.122. The van der Waals surface area contributed by atoms with Crippen LogP contribution >= 0.6 is 0 Å². The number of nitrogens with one attached hydrogen (secondary N) is 3. The zero-order chi connectivity index (χ0) is 15.4. The summed E-state index contributed by atoms with van der Waals surface area (Å²) in [6.07, 6.45) is 5.85.